The molecule has 0 aliphatic rings. The third-order valence-corrected chi connectivity index (χ3v) is 3.66. The first-order valence-electron chi connectivity index (χ1n) is 6.61. The molecule has 1 aromatic carbocycles. The Morgan fingerprint density at radius 2 is 2.00 bits per heavy atom. The van der Waals surface area contributed by atoms with Crippen molar-refractivity contribution in [2.45, 2.75) is 32.4 Å². The number of rotatable bonds is 4. The summed E-state index contributed by atoms with van der Waals surface area (Å²) >= 11 is 5.98. The summed E-state index contributed by atoms with van der Waals surface area (Å²) in [5, 5.41) is -0.344. The smallest absolute Gasteiger partial charge is 0.418 e. The van der Waals surface area contributed by atoms with Crippen LogP contribution >= 0.6 is 11.6 Å². The SMILES string of the molecule is CCCCc1nc2ccc(OC)cc2c(C(F)(F)F)c1Cl. The molecule has 0 N–H and O–H groups in total. The Bertz CT molecular complexity index is 655. The van der Waals surface area contributed by atoms with E-state index in [1.807, 2.05) is 6.92 Å². The number of methoxy groups -OCH3 is 1. The summed E-state index contributed by atoms with van der Waals surface area (Å²) in [6, 6.07) is 4.43. The van der Waals surface area contributed by atoms with Gasteiger partial charge < -0.3 is 4.74 Å². The molecule has 0 saturated carbocycles. The van der Waals surface area contributed by atoms with Crippen LogP contribution in [-0.2, 0) is 12.6 Å². The number of unbranched alkanes of at least 4 members (excludes halogenated alkanes) is 1. The lowest BCUT2D eigenvalue weighted by molar-refractivity contribution is -0.136. The van der Waals surface area contributed by atoms with Gasteiger partial charge in [0.05, 0.1) is 28.9 Å². The third-order valence-electron chi connectivity index (χ3n) is 3.25. The molecule has 0 amide bonds. The monoisotopic (exact) mass is 317 g/mol. The van der Waals surface area contributed by atoms with Gasteiger partial charge in [-0.2, -0.15) is 13.2 Å². The highest BCUT2D eigenvalue weighted by molar-refractivity contribution is 6.33. The van der Waals surface area contributed by atoms with Gasteiger partial charge in [-0.1, -0.05) is 24.9 Å². The van der Waals surface area contributed by atoms with Crippen molar-refractivity contribution in [1.82, 2.24) is 4.98 Å². The van der Waals surface area contributed by atoms with Gasteiger partial charge in [-0.05, 0) is 31.0 Å². The van der Waals surface area contributed by atoms with Gasteiger partial charge in [0, 0.05) is 5.39 Å². The molecule has 0 saturated heterocycles. The molecule has 0 radical (unpaired) electrons. The number of alkyl halides is 3. The fourth-order valence-corrected chi connectivity index (χ4v) is 2.53. The van der Waals surface area contributed by atoms with Gasteiger partial charge in [-0.15, -0.1) is 0 Å². The molecule has 0 aliphatic heterocycles. The minimum atomic E-state index is -4.54. The van der Waals surface area contributed by atoms with Crippen molar-refractivity contribution in [1.29, 1.82) is 0 Å². The Labute approximate surface area is 125 Å². The summed E-state index contributed by atoms with van der Waals surface area (Å²) in [6.45, 7) is 1.96. The van der Waals surface area contributed by atoms with Gasteiger partial charge >= 0.3 is 6.18 Å². The number of aromatic nitrogens is 1. The number of hydrogen-bond acceptors (Lipinski definition) is 2. The second-order valence-electron chi connectivity index (χ2n) is 4.73. The average molecular weight is 318 g/mol. The van der Waals surface area contributed by atoms with Gasteiger partial charge in [0.2, 0.25) is 0 Å². The zero-order valence-electron chi connectivity index (χ0n) is 11.7. The lowest BCUT2D eigenvalue weighted by Gasteiger charge is -2.16. The van der Waals surface area contributed by atoms with Crippen molar-refractivity contribution in [3.05, 3.63) is 34.5 Å². The molecule has 0 spiro atoms. The second-order valence-corrected chi connectivity index (χ2v) is 5.11. The molecule has 6 heteroatoms. The number of ether oxygens (including phenoxy) is 1. The molecule has 0 unspecified atom stereocenters. The van der Waals surface area contributed by atoms with Crippen LogP contribution in [0.3, 0.4) is 0 Å². The highest BCUT2D eigenvalue weighted by Crippen LogP contribution is 2.41. The molecule has 0 atom stereocenters. The van der Waals surface area contributed by atoms with Crippen LogP contribution in [0.15, 0.2) is 18.2 Å². The van der Waals surface area contributed by atoms with Crippen molar-refractivity contribution >= 4 is 22.5 Å². The van der Waals surface area contributed by atoms with E-state index in [1.165, 1.54) is 19.2 Å². The van der Waals surface area contributed by atoms with Crippen molar-refractivity contribution in [3.8, 4) is 5.75 Å². The van der Waals surface area contributed by atoms with Crippen molar-refractivity contribution in [3.63, 3.8) is 0 Å². The summed E-state index contributed by atoms with van der Waals surface area (Å²) in [5.41, 5.74) is -0.263. The maximum Gasteiger partial charge on any atom is 0.418 e. The lowest BCUT2D eigenvalue weighted by atomic mass is 10.0. The van der Waals surface area contributed by atoms with Crippen LogP contribution < -0.4 is 4.74 Å². The Balaban J connectivity index is 2.74. The highest BCUT2D eigenvalue weighted by Gasteiger charge is 2.37. The van der Waals surface area contributed by atoms with E-state index in [0.717, 1.165) is 12.8 Å². The molecule has 1 aromatic heterocycles. The standard InChI is InChI=1S/C15H15ClF3NO/c1-3-4-5-12-14(16)13(15(17,18)19)10-8-9(21-2)6-7-11(10)20-12/h6-8H,3-5H2,1-2H3. The van der Waals surface area contributed by atoms with Crippen LogP contribution in [0.4, 0.5) is 13.2 Å². The number of fused-ring (bicyclic) bond motifs is 1. The summed E-state index contributed by atoms with van der Waals surface area (Å²) in [5.74, 6) is 0.340. The first-order chi connectivity index (χ1) is 9.88. The van der Waals surface area contributed by atoms with Gasteiger partial charge in [0.15, 0.2) is 0 Å². The first kappa shape index (κ1) is 15.9. The predicted molar refractivity (Wildman–Crippen MR) is 76.9 cm³/mol. The summed E-state index contributed by atoms with van der Waals surface area (Å²) in [4.78, 5) is 4.27. The van der Waals surface area contributed by atoms with Crippen molar-refractivity contribution in [2.75, 3.05) is 7.11 Å². The zero-order chi connectivity index (χ0) is 15.6. The minimum Gasteiger partial charge on any atom is -0.497 e. The van der Waals surface area contributed by atoms with E-state index in [9.17, 15) is 13.2 Å². The molecule has 2 nitrogen and oxygen atoms in total. The van der Waals surface area contributed by atoms with Gasteiger partial charge in [-0.25, -0.2) is 0 Å². The van der Waals surface area contributed by atoms with Crippen LogP contribution in [-0.4, -0.2) is 12.1 Å². The number of halogens is 4. The highest BCUT2D eigenvalue weighted by atomic mass is 35.5. The maximum absolute atomic E-state index is 13.4. The van der Waals surface area contributed by atoms with E-state index in [2.05, 4.69) is 4.98 Å². The molecule has 0 aliphatic carbocycles. The van der Waals surface area contributed by atoms with Crippen molar-refractivity contribution < 1.29 is 17.9 Å². The molecule has 2 aromatic rings. The number of aryl methyl sites for hydroxylation is 1. The van der Waals surface area contributed by atoms with E-state index in [-0.39, 0.29) is 15.9 Å². The van der Waals surface area contributed by atoms with E-state index >= 15 is 0 Å². The molecule has 0 bridgehead atoms. The van der Waals surface area contributed by atoms with E-state index in [0.29, 0.717) is 17.9 Å². The van der Waals surface area contributed by atoms with Crippen LogP contribution in [0.5, 0.6) is 5.75 Å². The second kappa shape index (κ2) is 6.10. The molecule has 2 rings (SSSR count). The Kier molecular flexibility index (Phi) is 4.61. The van der Waals surface area contributed by atoms with E-state index < -0.39 is 11.7 Å². The fraction of sp³-hybridized carbons (Fsp3) is 0.400. The number of hydrogen-bond donors (Lipinski definition) is 0. The summed E-state index contributed by atoms with van der Waals surface area (Å²) in [7, 11) is 1.40. The normalized spacial score (nSPS) is 11.9. The Morgan fingerprint density at radius 3 is 2.57 bits per heavy atom. The predicted octanol–water partition coefficient (Wildman–Crippen LogP) is 5.26. The first-order valence-corrected chi connectivity index (χ1v) is 6.99. The quantitative estimate of drug-likeness (QED) is 0.767. The average Bonchev–Trinajstić information content (AvgIpc) is 2.43. The van der Waals surface area contributed by atoms with Gasteiger partial charge in [0.25, 0.3) is 0 Å². The summed E-state index contributed by atoms with van der Waals surface area (Å²) < 4.78 is 45.1. The molecular weight excluding hydrogens is 303 g/mol. The Hall–Kier alpha value is -1.49. The largest absolute Gasteiger partial charge is 0.497 e. The van der Waals surface area contributed by atoms with Crippen LogP contribution in [0.2, 0.25) is 5.02 Å². The fourth-order valence-electron chi connectivity index (χ4n) is 2.18. The molecule has 0 fully saturated rings. The van der Waals surface area contributed by atoms with Crippen LogP contribution in [0.1, 0.15) is 31.0 Å². The van der Waals surface area contributed by atoms with Crippen LogP contribution in [0, 0.1) is 0 Å². The number of pyridine rings is 1. The molecule has 114 valence electrons. The number of benzene rings is 1. The van der Waals surface area contributed by atoms with Crippen molar-refractivity contribution in [2.24, 2.45) is 0 Å². The summed E-state index contributed by atoms with van der Waals surface area (Å²) in [6.07, 6.45) is -2.50. The lowest BCUT2D eigenvalue weighted by Crippen LogP contribution is -2.10. The third kappa shape index (κ3) is 3.23. The van der Waals surface area contributed by atoms with E-state index in [1.54, 1.807) is 6.07 Å². The zero-order valence-corrected chi connectivity index (χ0v) is 12.5. The topological polar surface area (TPSA) is 22.1 Å². The maximum atomic E-state index is 13.4. The Morgan fingerprint density at radius 1 is 1.29 bits per heavy atom. The molecule has 21 heavy (non-hydrogen) atoms. The van der Waals surface area contributed by atoms with Gasteiger partial charge in [0.1, 0.15) is 5.75 Å². The van der Waals surface area contributed by atoms with Crippen LogP contribution in [0.25, 0.3) is 10.9 Å². The minimum absolute atomic E-state index is 0.0351. The molecule has 1 heterocycles. The number of nitrogens with zero attached hydrogens (tertiary/aromatic N) is 1. The van der Waals surface area contributed by atoms with E-state index in [4.69, 9.17) is 16.3 Å². The molecular formula is C15H15ClF3NO. The van der Waals surface area contributed by atoms with Gasteiger partial charge in [-0.3, -0.25) is 4.98 Å².